The zero-order chi connectivity index (χ0) is 21.8. The van der Waals surface area contributed by atoms with Crippen LogP contribution < -0.4 is 5.32 Å². The number of hydrogen-bond donors (Lipinski definition) is 1. The number of nitrogens with zero attached hydrogens (tertiary/aromatic N) is 3. The van der Waals surface area contributed by atoms with Crippen molar-refractivity contribution in [2.45, 2.75) is 68.9 Å². The third kappa shape index (κ3) is 3.86. The average Bonchev–Trinajstić information content (AvgIpc) is 3.45. The largest absolute Gasteiger partial charge is 0.371 e. The number of morpholine rings is 1. The Balaban J connectivity index is 1.03. The van der Waals surface area contributed by atoms with Crippen molar-refractivity contribution in [3.05, 3.63) is 28.5 Å². The van der Waals surface area contributed by atoms with Gasteiger partial charge in [-0.1, -0.05) is 11.6 Å². The Kier molecular flexibility index (Phi) is 5.27. The quantitative estimate of drug-likeness (QED) is 0.745. The van der Waals surface area contributed by atoms with E-state index in [9.17, 15) is 9.59 Å². The molecule has 0 spiro atoms. The second kappa shape index (κ2) is 8.15. The van der Waals surface area contributed by atoms with Crippen LogP contribution in [0.4, 0.5) is 4.79 Å². The Hall–Kier alpha value is -1.90. The number of carbonyl (C=O) groups excluding carboxylic acids is 2. The van der Waals surface area contributed by atoms with Crippen LogP contribution >= 0.6 is 11.6 Å². The van der Waals surface area contributed by atoms with E-state index >= 15 is 0 Å². The van der Waals surface area contributed by atoms with E-state index in [1.165, 1.54) is 18.4 Å². The highest BCUT2D eigenvalue weighted by Crippen LogP contribution is 2.44. The molecule has 172 valence electrons. The lowest BCUT2D eigenvalue weighted by molar-refractivity contribution is -0.139. The molecule has 9 heteroatoms. The first kappa shape index (κ1) is 20.7. The number of nitrogens with one attached hydrogen (secondary N) is 1. The van der Waals surface area contributed by atoms with Gasteiger partial charge < -0.3 is 24.6 Å². The Morgan fingerprint density at radius 1 is 1.28 bits per heavy atom. The molecule has 3 saturated heterocycles. The van der Waals surface area contributed by atoms with Gasteiger partial charge in [-0.05, 0) is 49.7 Å². The lowest BCUT2D eigenvalue weighted by atomic mass is 10.0. The van der Waals surface area contributed by atoms with Gasteiger partial charge >= 0.3 is 6.03 Å². The monoisotopic (exact) mass is 460 g/mol. The van der Waals surface area contributed by atoms with Gasteiger partial charge in [0.2, 0.25) is 5.91 Å². The maximum Gasteiger partial charge on any atom is 0.320 e. The Morgan fingerprint density at radius 2 is 2.16 bits per heavy atom. The van der Waals surface area contributed by atoms with Crippen LogP contribution in [0.1, 0.15) is 49.3 Å². The van der Waals surface area contributed by atoms with Gasteiger partial charge in [0.1, 0.15) is 6.61 Å². The molecule has 2 bridgehead atoms. The lowest BCUT2D eigenvalue weighted by Crippen LogP contribution is -2.62. The molecule has 4 heterocycles. The summed E-state index contributed by atoms with van der Waals surface area (Å²) in [7, 11) is 0. The summed E-state index contributed by atoms with van der Waals surface area (Å²) in [4.78, 5) is 33.2. The average molecular weight is 461 g/mol. The van der Waals surface area contributed by atoms with Crippen LogP contribution in [-0.2, 0) is 20.9 Å². The summed E-state index contributed by atoms with van der Waals surface area (Å²) >= 11 is 6.29. The predicted octanol–water partition coefficient (Wildman–Crippen LogP) is 2.30. The molecule has 8 nitrogen and oxygen atoms in total. The second-order valence-corrected chi connectivity index (χ2v) is 10.3. The van der Waals surface area contributed by atoms with Crippen molar-refractivity contribution >= 4 is 23.5 Å². The highest BCUT2D eigenvalue weighted by Gasteiger charge is 2.49. The summed E-state index contributed by atoms with van der Waals surface area (Å²) in [5.74, 6) is 0.861. The summed E-state index contributed by atoms with van der Waals surface area (Å²) in [6.45, 7) is 2.56. The number of piperidine rings is 2. The van der Waals surface area contributed by atoms with Gasteiger partial charge in [-0.25, -0.2) is 4.79 Å². The predicted molar refractivity (Wildman–Crippen MR) is 116 cm³/mol. The Bertz CT molecular complexity index is 925. The molecule has 2 saturated carbocycles. The Morgan fingerprint density at radius 3 is 2.94 bits per heavy atom. The first-order valence-corrected chi connectivity index (χ1v) is 12.2. The van der Waals surface area contributed by atoms with Crippen molar-refractivity contribution in [1.82, 2.24) is 20.1 Å². The van der Waals surface area contributed by atoms with E-state index in [-0.39, 0.29) is 42.8 Å². The van der Waals surface area contributed by atoms with E-state index in [4.69, 9.17) is 21.1 Å². The van der Waals surface area contributed by atoms with Crippen molar-refractivity contribution in [2.75, 3.05) is 26.2 Å². The van der Waals surface area contributed by atoms with E-state index in [1.54, 1.807) is 6.20 Å². The number of rotatable bonds is 4. The summed E-state index contributed by atoms with van der Waals surface area (Å²) in [6, 6.07) is 2.31. The van der Waals surface area contributed by atoms with Crippen LogP contribution in [0, 0.1) is 5.92 Å². The molecule has 3 aliphatic heterocycles. The summed E-state index contributed by atoms with van der Waals surface area (Å²) in [5, 5.41) is 3.73. The first-order valence-electron chi connectivity index (χ1n) is 11.8. The van der Waals surface area contributed by atoms with Gasteiger partial charge in [0.05, 0.1) is 35.6 Å². The molecule has 1 aromatic heterocycles. The van der Waals surface area contributed by atoms with Crippen molar-refractivity contribution < 1.29 is 19.1 Å². The van der Waals surface area contributed by atoms with Gasteiger partial charge in [0.15, 0.2) is 0 Å². The van der Waals surface area contributed by atoms with E-state index in [0.717, 1.165) is 36.5 Å². The number of fused-ring (bicyclic) bond motifs is 3. The maximum atomic E-state index is 13.2. The summed E-state index contributed by atoms with van der Waals surface area (Å²) in [6.07, 6.45) is 6.99. The minimum absolute atomic E-state index is 0.0199. The van der Waals surface area contributed by atoms with Gasteiger partial charge in [0, 0.05) is 37.8 Å². The van der Waals surface area contributed by atoms with Crippen LogP contribution in [0.3, 0.4) is 0 Å². The van der Waals surface area contributed by atoms with Crippen LogP contribution in [0.2, 0.25) is 5.02 Å². The van der Waals surface area contributed by atoms with Gasteiger partial charge in [-0.15, -0.1) is 0 Å². The number of pyridine rings is 1. The van der Waals surface area contributed by atoms with Crippen molar-refractivity contribution in [2.24, 2.45) is 5.92 Å². The van der Waals surface area contributed by atoms with Crippen LogP contribution in [0.15, 0.2) is 12.3 Å². The molecular formula is C23H29ClN4O4. The lowest BCUT2D eigenvalue weighted by Gasteiger charge is -2.43. The fourth-order valence-electron chi connectivity index (χ4n) is 5.88. The summed E-state index contributed by atoms with van der Waals surface area (Å²) in [5.41, 5.74) is 2.14. The van der Waals surface area contributed by atoms with Crippen molar-refractivity contribution in [3.8, 4) is 0 Å². The molecule has 32 heavy (non-hydrogen) atoms. The van der Waals surface area contributed by atoms with E-state index in [1.807, 2.05) is 9.80 Å². The van der Waals surface area contributed by atoms with Crippen molar-refractivity contribution in [3.63, 3.8) is 0 Å². The molecule has 1 N–H and O–H groups in total. The molecule has 0 radical (unpaired) electrons. The van der Waals surface area contributed by atoms with E-state index < -0.39 is 0 Å². The van der Waals surface area contributed by atoms with E-state index in [2.05, 4.69) is 16.4 Å². The second-order valence-electron chi connectivity index (χ2n) is 9.90. The highest BCUT2D eigenvalue weighted by atomic mass is 35.5. The molecule has 5 aliphatic rings. The molecule has 6 rings (SSSR count). The van der Waals surface area contributed by atoms with Crippen LogP contribution in [-0.4, -0.2) is 77.3 Å². The van der Waals surface area contributed by atoms with E-state index in [0.29, 0.717) is 31.5 Å². The van der Waals surface area contributed by atoms with Gasteiger partial charge in [-0.3, -0.25) is 9.78 Å². The van der Waals surface area contributed by atoms with Gasteiger partial charge in [0.25, 0.3) is 0 Å². The fourth-order valence-corrected chi connectivity index (χ4v) is 6.14. The number of halogens is 1. The molecule has 5 atom stereocenters. The zero-order valence-electron chi connectivity index (χ0n) is 18.0. The number of likely N-dealkylation sites (tertiary alicyclic amines) is 2. The smallest absolute Gasteiger partial charge is 0.320 e. The van der Waals surface area contributed by atoms with Crippen LogP contribution in [0.25, 0.3) is 0 Å². The normalized spacial score (nSPS) is 33.9. The van der Waals surface area contributed by atoms with Gasteiger partial charge in [-0.2, -0.15) is 0 Å². The zero-order valence-corrected chi connectivity index (χ0v) is 18.8. The standard InChI is InChI=1S/C23H29ClN4O4/c24-18-8-25-15(6-17(18)13-1-2-13)11-31-21-7-16-5-14(21)9-28(16)23(30)27-4-3-20-19(10-27)26-22(29)12-32-20/h6,8,13-14,16,19-21H,1-5,7,9-12H2,(H,26,29)/t14-,16-,19-,20+,21+/m1/s1. The first-order chi connectivity index (χ1) is 15.5. The number of ether oxygens (including phenoxy) is 2. The Labute approximate surface area is 192 Å². The minimum Gasteiger partial charge on any atom is -0.371 e. The number of aromatic nitrogens is 1. The SMILES string of the molecule is O=C1CO[C@H]2CCN(C(=O)N3C[C@H]4C[C@@H]3C[C@@H]4OCc3cc(C4CC4)c(Cl)cn3)C[C@H]2N1. The maximum absolute atomic E-state index is 13.2. The third-order valence-corrected chi connectivity index (χ3v) is 8.04. The summed E-state index contributed by atoms with van der Waals surface area (Å²) < 4.78 is 11.9. The topological polar surface area (TPSA) is 84.0 Å². The third-order valence-electron chi connectivity index (χ3n) is 7.72. The molecular weight excluding hydrogens is 432 g/mol. The molecule has 1 aromatic rings. The number of urea groups is 1. The molecule has 5 fully saturated rings. The molecule has 0 aromatic carbocycles. The minimum atomic E-state index is -0.0998. The fraction of sp³-hybridized carbons (Fsp3) is 0.696. The highest BCUT2D eigenvalue weighted by molar-refractivity contribution is 6.31. The molecule has 2 aliphatic carbocycles. The number of amides is 3. The molecule has 0 unspecified atom stereocenters. The number of hydrogen-bond acceptors (Lipinski definition) is 5. The number of carbonyl (C=O) groups is 2. The van der Waals surface area contributed by atoms with Crippen molar-refractivity contribution in [1.29, 1.82) is 0 Å². The molecule has 3 amide bonds. The van der Waals surface area contributed by atoms with Crippen LogP contribution in [0.5, 0.6) is 0 Å².